The zero-order chi connectivity index (χ0) is 8.44. The largest absolute Gasteiger partial charge is 0.458 e. The molecule has 2 aliphatic rings. The molecule has 0 amide bonds. The van der Waals surface area contributed by atoms with Crippen molar-refractivity contribution in [1.82, 2.24) is 0 Å². The second kappa shape index (κ2) is 3.05. The number of rotatable bonds is 3. The monoisotopic (exact) mass is 170 g/mol. The lowest BCUT2D eigenvalue weighted by Crippen LogP contribution is -2.40. The van der Waals surface area contributed by atoms with E-state index in [0.29, 0.717) is 6.47 Å². The maximum Gasteiger partial charge on any atom is 0.293 e. The van der Waals surface area contributed by atoms with Crippen molar-refractivity contribution in [2.45, 2.75) is 43.8 Å². The molecular formula is C9H14O3. The second-order valence-electron chi connectivity index (χ2n) is 3.66. The quantitative estimate of drug-likeness (QED) is 0.473. The molecule has 68 valence electrons. The highest BCUT2D eigenvalue weighted by Gasteiger charge is 2.49. The molecule has 0 N–H and O–H groups in total. The summed E-state index contributed by atoms with van der Waals surface area (Å²) in [7, 11) is 0. The van der Waals surface area contributed by atoms with Crippen molar-refractivity contribution in [2.24, 2.45) is 0 Å². The molecular weight excluding hydrogens is 156 g/mol. The van der Waals surface area contributed by atoms with Gasteiger partial charge >= 0.3 is 0 Å². The fourth-order valence-corrected chi connectivity index (χ4v) is 2.11. The smallest absolute Gasteiger partial charge is 0.293 e. The molecule has 0 aromatic heterocycles. The standard InChI is InChI=1S/C9H14O3/c10-7-12-9(8-6-11-8)4-2-1-3-5-9/h7-8H,1-6H2. The van der Waals surface area contributed by atoms with Crippen LogP contribution < -0.4 is 0 Å². The van der Waals surface area contributed by atoms with Crippen LogP contribution in [0.2, 0.25) is 0 Å². The minimum atomic E-state index is -0.250. The number of epoxide rings is 1. The van der Waals surface area contributed by atoms with Crippen molar-refractivity contribution in [3.05, 3.63) is 0 Å². The van der Waals surface area contributed by atoms with Crippen molar-refractivity contribution in [2.75, 3.05) is 6.61 Å². The summed E-state index contributed by atoms with van der Waals surface area (Å²) in [6.07, 6.45) is 5.74. The van der Waals surface area contributed by atoms with E-state index in [1.165, 1.54) is 6.42 Å². The van der Waals surface area contributed by atoms with E-state index in [1.54, 1.807) is 0 Å². The first-order chi connectivity index (χ1) is 5.87. The van der Waals surface area contributed by atoms with Gasteiger partial charge < -0.3 is 9.47 Å². The van der Waals surface area contributed by atoms with E-state index in [9.17, 15) is 4.79 Å². The van der Waals surface area contributed by atoms with Crippen LogP contribution in [0.5, 0.6) is 0 Å². The highest BCUT2D eigenvalue weighted by molar-refractivity contribution is 5.39. The average molecular weight is 170 g/mol. The van der Waals surface area contributed by atoms with E-state index >= 15 is 0 Å². The molecule has 3 heteroatoms. The lowest BCUT2D eigenvalue weighted by molar-refractivity contribution is -0.149. The molecule has 1 unspecified atom stereocenters. The second-order valence-corrected chi connectivity index (χ2v) is 3.66. The van der Waals surface area contributed by atoms with Crippen molar-refractivity contribution in [1.29, 1.82) is 0 Å². The maximum absolute atomic E-state index is 10.3. The molecule has 1 aliphatic carbocycles. The van der Waals surface area contributed by atoms with Crippen molar-refractivity contribution in [3.8, 4) is 0 Å². The van der Waals surface area contributed by atoms with Crippen molar-refractivity contribution >= 4 is 6.47 Å². The SMILES string of the molecule is O=COC1(C2CO2)CCCCC1. The Balaban J connectivity index is 2.02. The lowest BCUT2D eigenvalue weighted by atomic mass is 9.82. The van der Waals surface area contributed by atoms with E-state index in [0.717, 1.165) is 32.3 Å². The van der Waals surface area contributed by atoms with E-state index in [4.69, 9.17) is 9.47 Å². The highest BCUT2D eigenvalue weighted by Crippen LogP contribution is 2.40. The molecule has 0 radical (unpaired) electrons. The number of hydrogen-bond acceptors (Lipinski definition) is 3. The summed E-state index contributed by atoms with van der Waals surface area (Å²) in [6, 6.07) is 0. The van der Waals surface area contributed by atoms with E-state index < -0.39 is 0 Å². The van der Waals surface area contributed by atoms with Gasteiger partial charge in [-0.2, -0.15) is 0 Å². The molecule has 1 saturated heterocycles. The molecule has 2 fully saturated rings. The lowest BCUT2D eigenvalue weighted by Gasteiger charge is -2.33. The minimum absolute atomic E-state index is 0.197. The summed E-state index contributed by atoms with van der Waals surface area (Å²) in [6.45, 7) is 1.35. The van der Waals surface area contributed by atoms with Crippen LogP contribution in [0.4, 0.5) is 0 Å². The highest BCUT2D eigenvalue weighted by atomic mass is 16.6. The Kier molecular flexibility index (Phi) is 2.05. The van der Waals surface area contributed by atoms with Gasteiger partial charge in [-0.1, -0.05) is 6.42 Å². The summed E-state index contributed by atoms with van der Waals surface area (Å²) >= 11 is 0. The van der Waals surface area contributed by atoms with Gasteiger partial charge in [-0.25, -0.2) is 0 Å². The average Bonchev–Trinajstić information content (AvgIpc) is 2.89. The van der Waals surface area contributed by atoms with Gasteiger partial charge in [-0.15, -0.1) is 0 Å². The molecule has 2 rings (SSSR count). The molecule has 1 heterocycles. The van der Waals surface area contributed by atoms with Gasteiger partial charge in [0.15, 0.2) is 0 Å². The molecule has 12 heavy (non-hydrogen) atoms. The van der Waals surface area contributed by atoms with Gasteiger partial charge in [-0.05, 0) is 25.7 Å². The summed E-state index contributed by atoms with van der Waals surface area (Å²) in [5, 5.41) is 0. The molecule has 0 spiro atoms. The molecule has 1 aliphatic heterocycles. The number of hydrogen-bond donors (Lipinski definition) is 0. The third kappa shape index (κ3) is 1.33. The minimum Gasteiger partial charge on any atom is -0.458 e. The van der Waals surface area contributed by atoms with Crippen LogP contribution in [0.15, 0.2) is 0 Å². The van der Waals surface area contributed by atoms with Gasteiger partial charge in [0, 0.05) is 0 Å². The molecule has 1 atom stereocenters. The molecule has 0 aromatic carbocycles. The zero-order valence-electron chi connectivity index (χ0n) is 7.12. The number of carbonyl (C=O) groups excluding carboxylic acids is 1. The molecule has 1 saturated carbocycles. The fraction of sp³-hybridized carbons (Fsp3) is 0.889. The van der Waals surface area contributed by atoms with E-state index in [2.05, 4.69) is 0 Å². The number of carbonyl (C=O) groups is 1. The van der Waals surface area contributed by atoms with Crippen LogP contribution in [-0.2, 0) is 14.3 Å². The first kappa shape index (κ1) is 8.05. The number of ether oxygens (including phenoxy) is 2. The topological polar surface area (TPSA) is 38.8 Å². The maximum atomic E-state index is 10.3. The summed E-state index contributed by atoms with van der Waals surface area (Å²) in [5.74, 6) is 0. The Morgan fingerprint density at radius 2 is 2.00 bits per heavy atom. The van der Waals surface area contributed by atoms with Gasteiger partial charge in [0.05, 0.1) is 6.61 Å². The summed E-state index contributed by atoms with van der Waals surface area (Å²) in [4.78, 5) is 10.3. The first-order valence-corrected chi connectivity index (χ1v) is 4.60. The van der Waals surface area contributed by atoms with Gasteiger partial charge in [0.1, 0.15) is 11.7 Å². The predicted octanol–water partition coefficient (Wildman–Crippen LogP) is 1.26. The predicted molar refractivity (Wildman–Crippen MR) is 42.7 cm³/mol. The Morgan fingerprint density at radius 3 is 2.50 bits per heavy atom. The molecule has 3 nitrogen and oxygen atoms in total. The van der Waals surface area contributed by atoms with Gasteiger partial charge in [0.2, 0.25) is 0 Å². The Bertz CT molecular complexity index is 169. The molecule has 0 bridgehead atoms. The van der Waals surface area contributed by atoms with E-state index in [-0.39, 0.29) is 11.7 Å². The van der Waals surface area contributed by atoms with Crippen LogP contribution >= 0.6 is 0 Å². The van der Waals surface area contributed by atoms with Crippen LogP contribution in [0.1, 0.15) is 32.1 Å². The molecule has 0 aromatic rings. The van der Waals surface area contributed by atoms with Crippen LogP contribution in [0.3, 0.4) is 0 Å². The Labute approximate surface area is 72.0 Å². The Hall–Kier alpha value is -0.570. The van der Waals surface area contributed by atoms with E-state index in [1.807, 2.05) is 0 Å². The van der Waals surface area contributed by atoms with Gasteiger partial charge in [-0.3, -0.25) is 4.79 Å². The first-order valence-electron chi connectivity index (χ1n) is 4.60. The summed E-state index contributed by atoms with van der Waals surface area (Å²) in [5.41, 5.74) is -0.250. The summed E-state index contributed by atoms with van der Waals surface area (Å²) < 4.78 is 10.4. The third-order valence-corrected chi connectivity index (χ3v) is 2.90. The van der Waals surface area contributed by atoms with Crippen LogP contribution in [0, 0.1) is 0 Å². The van der Waals surface area contributed by atoms with Crippen molar-refractivity contribution in [3.63, 3.8) is 0 Å². The normalized spacial score (nSPS) is 32.5. The zero-order valence-corrected chi connectivity index (χ0v) is 7.12. The van der Waals surface area contributed by atoms with Crippen molar-refractivity contribution < 1.29 is 14.3 Å². The Morgan fingerprint density at radius 1 is 1.33 bits per heavy atom. The van der Waals surface area contributed by atoms with Crippen LogP contribution in [-0.4, -0.2) is 24.8 Å². The van der Waals surface area contributed by atoms with Gasteiger partial charge in [0.25, 0.3) is 6.47 Å². The third-order valence-electron chi connectivity index (χ3n) is 2.90. The fourth-order valence-electron chi connectivity index (χ4n) is 2.11. The van der Waals surface area contributed by atoms with Crippen LogP contribution in [0.25, 0.3) is 0 Å².